The maximum Gasteiger partial charge on any atom is 0.257 e. The number of pyridine rings is 2. The minimum Gasteiger partial charge on any atom is -0.438 e. The molecule has 1 fully saturated rings. The van der Waals surface area contributed by atoms with Gasteiger partial charge in [0.15, 0.2) is 0 Å². The monoisotopic (exact) mass is 481 g/mol. The summed E-state index contributed by atoms with van der Waals surface area (Å²) in [6.07, 6.45) is 5.34. The van der Waals surface area contributed by atoms with E-state index in [0.717, 1.165) is 48.1 Å². The summed E-state index contributed by atoms with van der Waals surface area (Å²) in [4.78, 5) is 24.3. The first-order valence-electron chi connectivity index (χ1n) is 12.4. The third kappa shape index (κ3) is 5.40. The van der Waals surface area contributed by atoms with Crippen molar-refractivity contribution in [1.29, 1.82) is 0 Å². The molecule has 2 aromatic heterocycles. The zero-order chi connectivity index (χ0) is 24.9. The summed E-state index contributed by atoms with van der Waals surface area (Å²) < 4.78 is 5.87. The van der Waals surface area contributed by atoms with Crippen molar-refractivity contribution in [3.8, 4) is 11.6 Å². The van der Waals surface area contributed by atoms with Gasteiger partial charge in [0.05, 0.1) is 5.52 Å². The molecule has 1 amide bonds. The number of ether oxygens (including phenoxy) is 1. The first kappa shape index (κ1) is 23.6. The molecule has 0 bridgehead atoms. The molecule has 1 aliphatic rings. The lowest BCUT2D eigenvalue weighted by molar-refractivity contribution is 0.0923. The fraction of sp³-hybridized carbons (Fsp3) is 0.276. The second-order valence-electron chi connectivity index (χ2n) is 9.38. The van der Waals surface area contributed by atoms with E-state index >= 15 is 0 Å². The molecule has 0 spiro atoms. The SMILES string of the molecule is CN(C)c1cc(NC2CCC(NC(=O)c3cccnc3Oc3ccccc3)CC2)nc2ccccc12. The van der Waals surface area contributed by atoms with Gasteiger partial charge in [-0.3, -0.25) is 4.79 Å². The van der Waals surface area contributed by atoms with Crippen LogP contribution in [-0.4, -0.2) is 42.1 Å². The van der Waals surface area contributed by atoms with Gasteiger partial charge in [0.25, 0.3) is 5.91 Å². The molecule has 7 nitrogen and oxygen atoms in total. The highest BCUT2D eigenvalue weighted by Gasteiger charge is 2.25. The number of nitrogens with one attached hydrogen (secondary N) is 2. The Balaban J connectivity index is 1.20. The van der Waals surface area contributed by atoms with Crippen LogP contribution in [0.3, 0.4) is 0 Å². The maximum atomic E-state index is 13.1. The van der Waals surface area contributed by atoms with Crippen LogP contribution in [0.1, 0.15) is 36.0 Å². The summed E-state index contributed by atoms with van der Waals surface area (Å²) >= 11 is 0. The number of hydrogen-bond acceptors (Lipinski definition) is 6. The van der Waals surface area contributed by atoms with Gasteiger partial charge in [-0.1, -0.05) is 36.4 Å². The van der Waals surface area contributed by atoms with Crippen LogP contribution in [0.2, 0.25) is 0 Å². The van der Waals surface area contributed by atoms with Gasteiger partial charge in [0.2, 0.25) is 5.88 Å². The minimum atomic E-state index is -0.155. The lowest BCUT2D eigenvalue weighted by atomic mass is 9.91. The van der Waals surface area contributed by atoms with Gasteiger partial charge in [-0.05, 0) is 56.0 Å². The molecule has 7 heteroatoms. The number of para-hydroxylation sites is 2. The van der Waals surface area contributed by atoms with Crippen LogP contribution in [0, 0.1) is 0 Å². The van der Waals surface area contributed by atoms with Gasteiger partial charge in [-0.2, -0.15) is 0 Å². The molecule has 2 heterocycles. The Morgan fingerprint density at radius 1 is 0.917 bits per heavy atom. The third-order valence-corrected chi connectivity index (χ3v) is 6.56. The number of amides is 1. The van der Waals surface area contributed by atoms with E-state index in [1.807, 2.05) is 48.5 Å². The third-order valence-electron chi connectivity index (χ3n) is 6.56. The number of carbonyl (C=O) groups is 1. The molecule has 184 valence electrons. The molecule has 36 heavy (non-hydrogen) atoms. The lowest BCUT2D eigenvalue weighted by Gasteiger charge is -2.30. The standard InChI is InChI=1S/C29H31N5O2/c1-34(2)26-19-27(33-25-13-7-6-11-23(25)26)31-20-14-16-21(17-15-20)32-28(35)24-12-8-18-30-29(24)36-22-9-4-3-5-10-22/h3-13,18-21H,14-17H2,1-2H3,(H,31,33)(H,32,35). The number of nitrogens with zero attached hydrogens (tertiary/aromatic N) is 3. The van der Waals surface area contributed by atoms with Crippen molar-refractivity contribution in [1.82, 2.24) is 15.3 Å². The minimum absolute atomic E-state index is 0.113. The Morgan fingerprint density at radius 3 is 2.42 bits per heavy atom. The maximum absolute atomic E-state index is 13.1. The Morgan fingerprint density at radius 2 is 1.64 bits per heavy atom. The zero-order valence-electron chi connectivity index (χ0n) is 20.6. The highest BCUT2D eigenvalue weighted by Crippen LogP contribution is 2.29. The largest absolute Gasteiger partial charge is 0.438 e. The van der Waals surface area contributed by atoms with E-state index in [0.29, 0.717) is 23.2 Å². The van der Waals surface area contributed by atoms with Gasteiger partial charge in [-0.25, -0.2) is 9.97 Å². The van der Waals surface area contributed by atoms with E-state index in [4.69, 9.17) is 9.72 Å². The molecule has 4 aromatic rings. The summed E-state index contributed by atoms with van der Waals surface area (Å²) in [5.41, 5.74) is 2.57. The molecule has 0 atom stereocenters. The van der Waals surface area contributed by atoms with Gasteiger partial charge in [0.1, 0.15) is 17.1 Å². The quantitative estimate of drug-likeness (QED) is 0.356. The topological polar surface area (TPSA) is 79.4 Å². The average Bonchev–Trinajstić information content (AvgIpc) is 2.90. The number of rotatable bonds is 7. The molecule has 0 radical (unpaired) electrons. The lowest BCUT2D eigenvalue weighted by Crippen LogP contribution is -2.40. The highest BCUT2D eigenvalue weighted by atomic mass is 16.5. The number of anilines is 2. The summed E-state index contributed by atoms with van der Waals surface area (Å²) in [5.74, 6) is 1.70. The number of benzene rings is 2. The second-order valence-corrected chi connectivity index (χ2v) is 9.38. The first-order chi connectivity index (χ1) is 17.6. The highest BCUT2D eigenvalue weighted by molar-refractivity contribution is 5.96. The van der Waals surface area contributed by atoms with Crippen molar-refractivity contribution in [3.05, 3.63) is 84.6 Å². The van der Waals surface area contributed by atoms with Crippen LogP contribution < -0.4 is 20.3 Å². The molecule has 2 N–H and O–H groups in total. The molecular formula is C29H31N5O2. The molecule has 1 saturated carbocycles. The Bertz CT molecular complexity index is 1330. The summed E-state index contributed by atoms with van der Waals surface area (Å²) in [6, 6.07) is 23.7. The van der Waals surface area contributed by atoms with E-state index in [2.05, 4.69) is 46.7 Å². The second kappa shape index (κ2) is 10.6. The Hall–Kier alpha value is -4.13. The molecular weight excluding hydrogens is 450 g/mol. The molecule has 1 aliphatic carbocycles. The van der Waals surface area contributed by atoms with Crippen LogP contribution in [0.25, 0.3) is 10.9 Å². The van der Waals surface area contributed by atoms with Crippen molar-refractivity contribution in [3.63, 3.8) is 0 Å². The number of aromatic nitrogens is 2. The predicted octanol–water partition coefficient (Wildman–Crippen LogP) is 5.64. The van der Waals surface area contributed by atoms with Crippen molar-refractivity contribution < 1.29 is 9.53 Å². The summed E-state index contributed by atoms with van der Waals surface area (Å²) in [6.45, 7) is 0. The van der Waals surface area contributed by atoms with E-state index in [1.165, 1.54) is 0 Å². The summed E-state index contributed by atoms with van der Waals surface area (Å²) in [7, 11) is 4.11. The molecule has 0 unspecified atom stereocenters. The number of carbonyl (C=O) groups excluding carboxylic acids is 1. The van der Waals surface area contributed by atoms with Crippen LogP contribution in [-0.2, 0) is 0 Å². The average molecular weight is 482 g/mol. The fourth-order valence-electron chi connectivity index (χ4n) is 4.70. The molecule has 5 rings (SSSR count). The predicted molar refractivity (Wildman–Crippen MR) is 144 cm³/mol. The number of fused-ring (bicyclic) bond motifs is 1. The molecule has 0 aliphatic heterocycles. The Labute approximate surface area is 211 Å². The first-order valence-corrected chi connectivity index (χ1v) is 12.4. The molecule has 2 aromatic carbocycles. The van der Waals surface area contributed by atoms with E-state index in [-0.39, 0.29) is 11.9 Å². The van der Waals surface area contributed by atoms with Gasteiger partial charge < -0.3 is 20.3 Å². The number of hydrogen-bond donors (Lipinski definition) is 2. The van der Waals surface area contributed by atoms with Gasteiger partial charge in [0, 0.05) is 49.5 Å². The smallest absolute Gasteiger partial charge is 0.257 e. The normalized spacial score (nSPS) is 17.4. The van der Waals surface area contributed by atoms with Crippen molar-refractivity contribution in [2.24, 2.45) is 0 Å². The van der Waals surface area contributed by atoms with Crippen LogP contribution >= 0.6 is 0 Å². The summed E-state index contributed by atoms with van der Waals surface area (Å²) in [5, 5.41) is 7.96. The van der Waals surface area contributed by atoms with E-state index in [1.54, 1.807) is 18.3 Å². The fourth-order valence-corrected chi connectivity index (χ4v) is 4.70. The van der Waals surface area contributed by atoms with Crippen molar-refractivity contribution in [2.45, 2.75) is 37.8 Å². The van der Waals surface area contributed by atoms with Crippen molar-refractivity contribution >= 4 is 28.3 Å². The molecule has 0 saturated heterocycles. The van der Waals surface area contributed by atoms with Crippen LogP contribution in [0.4, 0.5) is 11.5 Å². The van der Waals surface area contributed by atoms with Gasteiger partial charge >= 0.3 is 0 Å². The van der Waals surface area contributed by atoms with Crippen molar-refractivity contribution in [2.75, 3.05) is 24.3 Å². The van der Waals surface area contributed by atoms with E-state index < -0.39 is 0 Å². The Kier molecular flexibility index (Phi) is 6.98. The van der Waals surface area contributed by atoms with E-state index in [9.17, 15) is 4.79 Å². The van der Waals surface area contributed by atoms with Crippen LogP contribution in [0.5, 0.6) is 11.6 Å². The zero-order valence-corrected chi connectivity index (χ0v) is 20.6. The van der Waals surface area contributed by atoms with Gasteiger partial charge in [-0.15, -0.1) is 0 Å². The van der Waals surface area contributed by atoms with Crippen LogP contribution in [0.15, 0.2) is 79.0 Å².